The van der Waals surface area contributed by atoms with Crippen molar-refractivity contribution in [3.8, 4) is 0 Å². The van der Waals surface area contributed by atoms with Crippen molar-refractivity contribution in [2.75, 3.05) is 13.7 Å². The molecule has 0 fully saturated rings. The number of ether oxygens (including phenoxy) is 1. The number of carbonyl (C=O) groups excluding carboxylic acids is 1. The Labute approximate surface area is 111 Å². The molecule has 2 amide bonds. The molecule has 0 spiro atoms. The molecule has 3 N–H and O–H groups in total. The van der Waals surface area contributed by atoms with Crippen molar-refractivity contribution in [1.82, 2.24) is 10.6 Å². The highest BCUT2D eigenvalue weighted by atomic mass is 16.5. The van der Waals surface area contributed by atoms with Crippen molar-refractivity contribution in [1.29, 1.82) is 0 Å². The Kier molecular flexibility index (Phi) is 5.81. The van der Waals surface area contributed by atoms with Gasteiger partial charge in [0.15, 0.2) is 6.04 Å². The van der Waals surface area contributed by atoms with E-state index in [1.807, 2.05) is 0 Å². The molecule has 2 atom stereocenters. The second-order valence-corrected chi connectivity index (χ2v) is 4.16. The maximum absolute atomic E-state index is 11.7. The third kappa shape index (κ3) is 4.97. The van der Waals surface area contributed by atoms with E-state index in [4.69, 9.17) is 9.84 Å². The van der Waals surface area contributed by atoms with E-state index in [0.717, 1.165) is 0 Å². The topological polar surface area (TPSA) is 87.7 Å². The molecular weight excluding hydrogens is 248 g/mol. The van der Waals surface area contributed by atoms with Crippen LogP contribution >= 0.6 is 0 Å². The maximum Gasteiger partial charge on any atom is 0.330 e. The zero-order valence-electron chi connectivity index (χ0n) is 10.9. The monoisotopic (exact) mass is 266 g/mol. The Bertz CT molecular complexity index is 422. The number of methoxy groups -OCH3 is 1. The number of nitrogens with one attached hydrogen (secondary N) is 2. The lowest BCUT2D eigenvalue weighted by molar-refractivity contribution is -0.139. The van der Waals surface area contributed by atoms with Crippen LogP contribution in [-0.2, 0) is 9.53 Å². The standard InChI is InChI=1S/C13H18N2O4/c1-9(8-19-2)14-13(18)15-11(12(16)17)10-6-4-3-5-7-10/h3-7,9,11H,8H2,1-2H3,(H,16,17)(H2,14,15,18)/t9?,11-/m1/s1. The summed E-state index contributed by atoms with van der Waals surface area (Å²) >= 11 is 0. The minimum absolute atomic E-state index is 0.199. The molecule has 0 saturated carbocycles. The van der Waals surface area contributed by atoms with E-state index in [1.54, 1.807) is 37.3 Å². The molecule has 1 rings (SSSR count). The summed E-state index contributed by atoms with van der Waals surface area (Å²) in [6.45, 7) is 2.12. The number of carboxylic acids is 1. The molecule has 0 aromatic heterocycles. The molecule has 0 aliphatic heterocycles. The first-order valence-electron chi connectivity index (χ1n) is 5.88. The Morgan fingerprint density at radius 2 is 1.89 bits per heavy atom. The van der Waals surface area contributed by atoms with Crippen molar-refractivity contribution in [3.63, 3.8) is 0 Å². The molecule has 104 valence electrons. The molecule has 0 bridgehead atoms. The average molecular weight is 266 g/mol. The second-order valence-electron chi connectivity index (χ2n) is 4.16. The van der Waals surface area contributed by atoms with Crippen LogP contribution in [0.15, 0.2) is 30.3 Å². The average Bonchev–Trinajstić information content (AvgIpc) is 2.37. The summed E-state index contributed by atoms with van der Waals surface area (Å²) < 4.78 is 4.88. The quantitative estimate of drug-likeness (QED) is 0.720. The maximum atomic E-state index is 11.7. The molecule has 1 unspecified atom stereocenters. The fraction of sp³-hybridized carbons (Fsp3) is 0.385. The van der Waals surface area contributed by atoms with Gasteiger partial charge in [-0.3, -0.25) is 0 Å². The lowest BCUT2D eigenvalue weighted by atomic mass is 10.1. The summed E-state index contributed by atoms with van der Waals surface area (Å²) in [7, 11) is 1.53. The number of urea groups is 1. The van der Waals surface area contributed by atoms with Gasteiger partial charge in [0.1, 0.15) is 0 Å². The molecule has 0 radical (unpaired) electrons. The van der Waals surface area contributed by atoms with E-state index in [9.17, 15) is 9.59 Å². The van der Waals surface area contributed by atoms with Crippen LogP contribution in [0.4, 0.5) is 4.79 Å². The molecule has 1 aromatic rings. The third-order valence-electron chi connectivity index (χ3n) is 2.45. The van der Waals surface area contributed by atoms with Gasteiger partial charge in [0.05, 0.1) is 12.6 Å². The number of hydrogen-bond donors (Lipinski definition) is 3. The number of rotatable bonds is 6. The molecule has 19 heavy (non-hydrogen) atoms. The predicted octanol–water partition coefficient (Wildman–Crippen LogP) is 1.15. The zero-order chi connectivity index (χ0) is 14.3. The molecule has 0 aliphatic carbocycles. The van der Waals surface area contributed by atoms with Crippen molar-refractivity contribution in [2.24, 2.45) is 0 Å². The molecule has 6 nitrogen and oxygen atoms in total. The Hall–Kier alpha value is -2.08. The van der Waals surface area contributed by atoms with Crippen LogP contribution in [0.1, 0.15) is 18.5 Å². The van der Waals surface area contributed by atoms with E-state index in [-0.39, 0.29) is 6.04 Å². The predicted molar refractivity (Wildman–Crippen MR) is 69.8 cm³/mol. The van der Waals surface area contributed by atoms with Crippen molar-refractivity contribution >= 4 is 12.0 Å². The highest BCUT2D eigenvalue weighted by Gasteiger charge is 2.22. The minimum atomic E-state index is -1.11. The largest absolute Gasteiger partial charge is 0.479 e. The molecule has 0 aliphatic rings. The number of hydrogen-bond acceptors (Lipinski definition) is 3. The highest BCUT2D eigenvalue weighted by molar-refractivity contribution is 5.83. The van der Waals surface area contributed by atoms with E-state index < -0.39 is 18.0 Å². The Balaban J connectivity index is 2.65. The summed E-state index contributed by atoms with van der Waals surface area (Å²) in [5.74, 6) is -1.11. The normalized spacial score (nSPS) is 13.4. The van der Waals surface area contributed by atoms with Crippen LogP contribution < -0.4 is 10.6 Å². The van der Waals surface area contributed by atoms with Gasteiger partial charge in [-0.25, -0.2) is 9.59 Å². The van der Waals surface area contributed by atoms with Crippen molar-refractivity contribution in [2.45, 2.75) is 19.0 Å². The molecule has 0 heterocycles. The zero-order valence-corrected chi connectivity index (χ0v) is 10.9. The second kappa shape index (κ2) is 7.38. The molecular formula is C13H18N2O4. The molecule has 0 saturated heterocycles. The van der Waals surface area contributed by atoms with Gasteiger partial charge < -0.3 is 20.5 Å². The molecule has 6 heteroatoms. The van der Waals surface area contributed by atoms with Gasteiger partial charge in [-0.2, -0.15) is 0 Å². The van der Waals surface area contributed by atoms with Gasteiger partial charge in [-0.15, -0.1) is 0 Å². The lowest BCUT2D eigenvalue weighted by Crippen LogP contribution is -2.45. The van der Waals surface area contributed by atoms with Gasteiger partial charge in [0, 0.05) is 7.11 Å². The first kappa shape index (κ1) is 15.0. The van der Waals surface area contributed by atoms with E-state index >= 15 is 0 Å². The van der Waals surface area contributed by atoms with Gasteiger partial charge in [-0.1, -0.05) is 30.3 Å². The van der Waals surface area contributed by atoms with Crippen LogP contribution in [0, 0.1) is 0 Å². The van der Waals surface area contributed by atoms with Crippen molar-refractivity contribution in [3.05, 3.63) is 35.9 Å². The van der Waals surface area contributed by atoms with Gasteiger partial charge in [0.2, 0.25) is 0 Å². The van der Waals surface area contributed by atoms with E-state index in [1.165, 1.54) is 7.11 Å². The van der Waals surface area contributed by atoms with E-state index in [0.29, 0.717) is 12.2 Å². The van der Waals surface area contributed by atoms with Crippen LogP contribution in [0.5, 0.6) is 0 Å². The number of benzene rings is 1. The number of amides is 2. The fourth-order valence-electron chi connectivity index (χ4n) is 1.62. The Morgan fingerprint density at radius 1 is 1.26 bits per heavy atom. The van der Waals surface area contributed by atoms with Gasteiger partial charge in [0.25, 0.3) is 0 Å². The number of carboxylic acid groups (broad SMARTS) is 1. The molecule has 1 aromatic carbocycles. The van der Waals surface area contributed by atoms with Crippen molar-refractivity contribution < 1.29 is 19.4 Å². The first-order valence-corrected chi connectivity index (χ1v) is 5.88. The smallest absolute Gasteiger partial charge is 0.330 e. The minimum Gasteiger partial charge on any atom is -0.479 e. The van der Waals surface area contributed by atoms with Crippen LogP contribution in [0.3, 0.4) is 0 Å². The summed E-state index contributed by atoms with van der Waals surface area (Å²) in [5.41, 5.74) is 0.518. The summed E-state index contributed by atoms with van der Waals surface area (Å²) in [4.78, 5) is 22.9. The fourth-order valence-corrected chi connectivity index (χ4v) is 1.62. The van der Waals surface area contributed by atoms with Gasteiger partial charge in [-0.05, 0) is 12.5 Å². The SMILES string of the molecule is COCC(C)NC(=O)N[C@@H](C(=O)O)c1ccccc1. The number of carbonyl (C=O) groups is 2. The summed E-state index contributed by atoms with van der Waals surface area (Å²) in [5, 5.41) is 14.2. The Morgan fingerprint density at radius 3 is 2.42 bits per heavy atom. The summed E-state index contributed by atoms with van der Waals surface area (Å²) in [6.07, 6.45) is 0. The van der Waals surface area contributed by atoms with Crippen LogP contribution in [0.25, 0.3) is 0 Å². The van der Waals surface area contributed by atoms with E-state index in [2.05, 4.69) is 10.6 Å². The van der Waals surface area contributed by atoms with Gasteiger partial charge >= 0.3 is 12.0 Å². The van der Waals surface area contributed by atoms with Crippen LogP contribution in [-0.4, -0.2) is 36.9 Å². The number of aliphatic carboxylic acids is 1. The first-order chi connectivity index (χ1) is 9.04. The lowest BCUT2D eigenvalue weighted by Gasteiger charge is -2.18. The summed E-state index contributed by atoms with van der Waals surface area (Å²) in [6, 6.07) is 6.71. The highest BCUT2D eigenvalue weighted by Crippen LogP contribution is 2.12. The third-order valence-corrected chi connectivity index (χ3v) is 2.45. The van der Waals surface area contributed by atoms with Crippen LogP contribution in [0.2, 0.25) is 0 Å².